The van der Waals surface area contributed by atoms with E-state index in [1.165, 1.54) is 16.7 Å². The van der Waals surface area contributed by atoms with Crippen LogP contribution in [-0.4, -0.2) is 44.9 Å². The Morgan fingerprint density at radius 2 is 1.72 bits per heavy atom. The lowest BCUT2D eigenvalue weighted by Crippen LogP contribution is -2.43. The smallest absolute Gasteiger partial charge is 0.261 e. The first-order valence-corrected chi connectivity index (χ1v) is 9.58. The summed E-state index contributed by atoms with van der Waals surface area (Å²) in [6.45, 7) is 5.44. The van der Waals surface area contributed by atoms with E-state index in [1.54, 1.807) is 23.6 Å². The molecule has 146 valence electrons. The third-order valence-electron chi connectivity index (χ3n) is 5.38. The minimum Gasteiger partial charge on any atom is -0.368 e. The molecule has 0 radical (unpaired) electrons. The van der Waals surface area contributed by atoms with Gasteiger partial charge in [-0.15, -0.1) is 0 Å². The van der Waals surface area contributed by atoms with Crippen molar-refractivity contribution in [2.45, 2.75) is 6.92 Å². The number of aromatic nitrogens is 4. The van der Waals surface area contributed by atoms with Crippen LogP contribution in [0, 0.1) is 6.92 Å². The maximum atomic E-state index is 13.1. The second-order valence-corrected chi connectivity index (χ2v) is 7.17. The molecule has 4 aromatic rings. The molecule has 0 atom stereocenters. The van der Waals surface area contributed by atoms with Gasteiger partial charge in [0.2, 0.25) is 0 Å². The summed E-state index contributed by atoms with van der Waals surface area (Å²) in [5.41, 5.74) is 3.67. The fraction of sp³-hybridized carbons (Fsp3) is 0.238. The van der Waals surface area contributed by atoms with Gasteiger partial charge in [0.1, 0.15) is 11.3 Å². The van der Waals surface area contributed by atoms with Gasteiger partial charge in [0.15, 0.2) is 0 Å². The van der Waals surface area contributed by atoms with Crippen molar-refractivity contribution in [1.29, 1.82) is 0 Å². The van der Waals surface area contributed by atoms with Gasteiger partial charge in [-0.1, -0.05) is 0 Å². The molecule has 1 aliphatic rings. The van der Waals surface area contributed by atoms with Crippen LogP contribution in [0.2, 0.25) is 0 Å². The summed E-state index contributed by atoms with van der Waals surface area (Å²) in [4.78, 5) is 36.4. The summed E-state index contributed by atoms with van der Waals surface area (Å²) in [6, 6.07) is 8.87. The number of rotatable bonds is 2. The van der Waals surface area contributed by atoms with Crippen molar-refractivity contribution in [3.05, 3.63) is 75.2 Å². The van der Waals surface area contributed by atoms with Crippen LogP contribution in [0.15, 0.2) is 58.5 Å². The molecule has 1 N–H and O–H groups in total. The number of hydrogen-bond donors (Lipinski definition) is 1. The molecule has 0 aromatic carbocycles. The number of hydrogen-bond acceptors (Lipinski definition) is 6. The molecule has 1 saturated heterocycles. The lowest BCUT2D eigenvalue weighted by Gasteiger charge is -2.29. The normalized spacial score (nSPS) is 14.6. The summed E-state index contributed by atoms with van der Waals surface area (Å²) >= 11 is 0. The van der Waals surface area contributed by atoms with Gasteiger partial charge in [0.05, 0.1) is 11.4 Å². The van der Waals surface area contributed by atoms with E-state index < -0.39 is 0 Å². The van der Waals surface area contributed by atoms with Gasteiger partial charge in [-0.2, -0.15) is 0 Å². The third kappa shape index (κ3) is 2.98. The second-order valence-electron chi connectivity index (χ2n) is 7.17. The largest absolute Gasteiger partial charge is 0.368 e. The molecule has 4 aromatic heterocycles. The highest BCUT2D eigenvalue weighted by Gasteiger charge is 2.15. The Balaban J connectivity index is 1.66. The molecular formula is C21H20N6O2. The Bertz CT molecular complexity index is 1350. The van der Waals surface area contributed by atoms with Gasteiger partial charge in [-0.05, 0) is 31.2 Å². The highest BCUT2D eigenvalue weighted by atomic mass is 16.1. The third-order valence-corrected chi connectivity index (χ3v) is 5.38. The molecule has 1 fully saturated rings. The molecule has 0 aliphatic carbocycles. The average Bonchev–Trinajstić information content (AvgIpc) is 2.77. The van der Waals surface area contributed by atoms with Crippen LogP contribution in [0.25, 0.3) is 22.6 Å². The van der Waals surface area contributed by atoms with Gasteiger partial charge in [-0.3, -0.25) is 18.4 Å². The van der Waals surface area contributed by atoms with E-state index in [0.29, 0.717) is 28.1 Å². The van der Waals surface area contributed by atoms with E-state index in [4.69, 9.17) is 4.98 Å². The predicted molar refractivity (Wildman–Crippen MR) is 112 cm³/mol. The highest BCUT2D eigenvalue weighted by Crippen LogP contribution is 2.21. The topological polar surface area (TPSA) is 84.0 Å². The molecule has 0 unspecified atom stereocenters. The standard InChI is InChI=1S/C21H20N6O2/c1-14-20(15-2-4-17-23-7-6-19(28)26(17)12-15)24-18-5-3-16(13-27(18)21(14)29)25-10-8-22-9-11-25/h2-7,12-13,22H,8-11H2,1H3. The molecule has 0 saturated carbocycles. The van der Waals surface area contributed by atoms with Crippen LogP contribution in [0.4, 0.5) is 5.69 Å². The van der Waals surface area contributed by atoms with Crippen LogP contribution in [0.1, 0.15) is 5.56 Å². The minimum absolute atomic E-state index is 0.111. The number of fused-ring (bicyclic) bond motifs is 2. The number of piperazine rings is 1. The van der Waals surface area contributed by atoms with Crippen molar-refractivity contribution in [3.63, 3.8) is 0 Å². The number of nitrogens with zero attached hydrogens (tertiary/aromatic N) is 5. The van der Waals surface area contributed by atoms with Crippen molar-refractivity contribution in [3.8, 4) is 11.3 Å². The second kappa shape index (κ2) is 6.82. The van der Waals surface area contributed by atoms with Gasteiger partial charge in [0, 0.05) is 62.0 Å². The van der Waals surface area contributed by atoms with Crippen molar-refractivity contribution < 1.29 is 0 Å². The van der Waals surface area contributed by atoms with Crippen molar-refractivity contribution >= 4 is 17.0 Å². The van der Waals surface area contributed by atoms with Gasteiger partial charge in [0.25, 0.3) is 11.1 Å². The van der Waals surface area contributed by atoms with Crippen molar-refractivity contribution in [2.24, 2.45) is 0 Å². The van der Waals surface area contributed by atoms with E-state index in [-0.39, 0.29) is 11.1 Å². The summed E-state index contributed by atoms with van der Waals surface area (Å²) in [7, 11) is 0. The zero-order chi connectivity index (χ0) is 20.0. The van der Waals surface area contributed by atoms with E-state index in [2.05, 4.69) is 15.2 Å². The molecule has 5 rings (SSSR count). The molecule has 8 nitrogen and oxygen atoms in total. The summed E-state index contributed by atoms with van der Waals surface area (Å²) in [5, 5.41) is 3.33. The first-order chi connectivity index (χ1) is 14.1. The van der Waals surface area contributed by atoms with Crippen LogP contribution >= 0.6 is 0 Å². The maximum absolute atomic E-state index is 13.1. The molecule has 1 aliphatic heterocycles. The lowest BCUT2D eigenvalue weighted by atomic mass is 10.1. The molecule has 0 amide bonds. The van der Waals surface area contributed by atoms with Crippen molar-refractivity contribution in [1.82, 2.24) is 24.1 Å². The Kier molecular flexibility index (Phi) is 4.13. The monoisotopic (exact) mass is 388 g/mol. The molecule has 29 heavy (non-hydrogen) atoms. The molecule has 8 heteroatoms. The zero-order valence-electron chi connectivity index (χ0n) is 16.0. The van der Waals surface area contributed by atoms with Crippen molar-refractivity contribution in [2.75, 3.05) is 31.1 Å². The zero-order valence-corrected chi connectivity index (χ0v) is 16.0. The SMILES string of the molecule is Cc1c(-c2ccc3nccc(=O)n3c2)nc2ccc(N3CCNCC3)cn2c1=O. The van der Waals surface area contributed by atoms with Crippen LogP contribution in [0.5, 0.6) is 0 Å². The Hall–Kier alpha value is -3.52. The first-order valence-electron chi connectivity index (χ1n) is 9.58. The number of pyridine rings is 2. The quantitative estimate of drug-likeness (QED) is 0.553. The van der Waals surface area contributed by atoms with Crippen LogP contribution in [0.3, 0.4) is 0 Å². The highest BCUT2D eigenvalue weighted by molar-refractivity contribution is 5.66. The first kappa shape index (κ1) is 17.6. The van der Waals surface area contributed by atoms with Gasteiger partial charge in [-0.25, -0.2) is 9.97 Å². The lowest BCUT2D eigenvalue weighted by molar-refractivity contribution is 0.588. The fourth-order valence-electron chi connectivity index (χ4n) is 3.78. The minimum atomic E-state index is -0.173. The van der Waals surface area contributed by atoms with Crippen LogP contribution in [-0.2, 0) is 0 Å². The number of anilines is 1. The summed E-state index contributed by atoms with van der Waals surface area (Å²) in [5.74, 6) is 0. The molecule has 0 bridgehead atoms. The van der Waals surface area contributed by atoms with E-state index in [1.807, 2.05) is 24.4 Å². The fourth-order valence-corrected chi connectivity index (χ4v) is 3.78. The average molecular weight is 388 g/mol. The van der Waals surface area contributed by atoms with E-state index in [0.717, 1.165) is 31.9 Å². The van der Waals surface area contributed by atoms with Gasteiger partial charge >= 0.3 is 0 Å². The Morgan fingerprint density at radius 1 is 0.931 bits per heavy atom. The molecule has 5 heterocycles. The predicted octanol–water partition coefficient (Wildman–Crippen LogP) is 1.09. The van der Waals surface area contributed by atoms with Gasteiger partial charge < -0.3 is 10.2 Å². The van der Waals surface area contributed by atoms with E-state index in [9.17, 15) is 9.59 Å². The number of nitrogens with one attached hydrogen (secondary N) is 1. The Labute approximate surface area is 166 Å². The summed E-state index contributed by atoms with van der Waals surface area (Å²) in [6.07, 6.45) is 5.03. The Morgan fingerprint density at radius 3 is 2.55 bits per heavy atom. The molecule has 0 spiro atoms. The maximum Gasteiger partial charge on any atom is 0.261 e. The molecular weight excluding hydrogens is 368 g/mol. The van der Waals surface area contributed by atoms with E-state index >= 15 is 0 Å². The van der Waals surface area contributed by atoms with Crippen LogP contribution < -0.4 is 21.3 Å². The summed E-state index contributed by atoms with van der Waals surface area (Å²) < 4.78 is 3.07.